The van der Waals surface area contributed by atoms with E-state index in [0.717, 1.165) is 5.56 Å². The topological polar surface area (TPSA) is 49.0 Å². The molecule has 6 heteroatoms. The predicted octanol–water partition coefficient (Wildman–Crippen LogP) is 5.62. The summed E-state index contributed by atoms with van der Waals surface area (Å²) in [6.07, 6.45) is 0. The molecule has 1 amide bonds. The molecular weight excluding hydrogens is 389 g/mol. The Kier molecular flexibility index (Phi) is 4.18. The van der Waals surface area contributed by atoms with Crippen molar-refractivity contribution in [2.24, 2.45) is 0 Å². The summed E-state index contributed by atoms with van der Waals surface area (Å²) >= 11 is 6.03. The number of nitrogens with zero attached hydrogens (tertiary/aromatic N) is 2. The summed E-state index contributed by atoms with van der Waals surface area (Å²) in [5, 5.41) is 7.83. The van der Waals surface area contributed by atoms with Gasteiger partial charge in [-0.25, -0.2) is 4.39 Å². The molecular formula is C23H15ClFN3O. The Morgan fingerprint density at radius 3 is 2.34 bits per heavy atom. The van der Waals surface area contributed by atoms with E-state index in [2.05, 4.69) is 10.2 Å². The fourth-order valence-electron chi connectivity index (χ4n) is 3.82. The summed E-state index contributed by atoms with van der Waals surface area (Å²) < 4.78 is 14.9. The molecule has 29 heavy (non-hydrogen) atoms. The highest BCUT2D eigenvalue weighted by molar-refractivity contribution is 6.30. The van der Waals surface area contributed by atoms with Crippen molar-refractivity contribution in [2.45, 2.75) is 6.04 Å². The summed E-state index contributed by atoms with van der Waals surface area (Å²) in [6, 6.07) is 22.4. The van der Waals surface area contributed by atoms with Crippen molar-refractivity contribution in [3.8, 4) is 11.3 Å². The second-order valence-corrected chi connectivity index (χ2v) is 7.24. The average Bonchev–Trinajstić information content (AvgIpc) is 3.29. The SMILES string of the molecule is O=C1c2[nH]nc(-c3ccccc3)c2[C@H](c2ccccc2F)N1c1ccc(Cl)cc1. The fraction of sp³-hybridized carbons (Fsp3) is 0.0435. The van der Waals surface area contributed by atoms with Gasteiger partial charge in [-0.2, -0.15) is 5.10 Å². The number of halogens is 2. The Morgan fingerprint density at radius 1 is 0.931 bits per heavy atom. The molecule has 3 aromatic carbocycles. The van der Waals surface area contributed by atoms with Gasteiger partial charge in [-0.15, -0.1) is 0 Å². The Bertz CT molecular complexity index is 1200. The number of rotatable bonds is 3. The molecule has 0 saturated heterocycles. The lowest BCUT2D eigenvalue weighted by Crippen LogP contribution is -2.29. The van der Waals surface area contributed by atoms with Gasteiger partial charge < -0.3 is 0 Å². The quantitative estimate of drug-likeness (QED) is 0.482. The van der Waals surface area contributed by atoms with Crippen LogP contribution in [0.4, 0.5) is 10.1 Å². The van der Waals surface area contributed by atoms with Crippen LogP contribution in [-0.4, -0.2) is 16.1 Å². The van der Waals surface area contributed by atoms with E-state index in [0.29, 0.717) is 33.2 Å². The van der Waals surface area contributed by atoms with Crippen LogP contribution < -0.4 is 4.90 Å². The van der Waals surface area contributed by atoms with E-state index in [9.17, 15) is 9.18 Å². The Labute approximate surface area is 171 Å². The molecule has 1 aliphatic heterocycles. The predicted molar refractivity (Wildman–Crippen MR) is 111 cm³/mol. The number of nitrogens with one attached hydrogen (secondary N) is 1. The van der Waals surface area contributed by atoms with Gasteiger partial charge in [-0.1, -0.05) is 60.1 Å². The monoisotopic (exact) mass is 403 g/mol. The van der Waals surface area contributed by atoms with Crippen LogP contribution in [0.3, 0.4) is 0 Å². The zero-order chi connectivity index (χ0) is 20.0. The van der Waals surface area contributed by atoms with E-state index in [4.69, 9.17) is 11.6 Å². The molecule has 142 valence electrons. The van der Waals surface area contributed by atoms with Crippen molar-refractivity contribution in [3.63, 3.8) is 0 Å². The fourth-order valence-corrected chi connectivity index (χ4v) is 3.95. The zero-order valence-corrected chi connectivity index (χ0v) is 15.9. The number of fused-ring (bicyclic) bond motifs is 1. The van der Waals surface area contributed by atoms with Crippen LogP contribution in [0.25, 0.3) is 11.3 Å². The van der Waals surface area contributed by atoms with Gasteiger partial charge in [0.05, 0.1) is 11.7 Å². The van der Waals surface area contributed by atoms with Gasteiger partial charge in [0.25, 0.3) is 5.91 Å². The number of carbonyl (C=O) groups is 1. The number of carbonyl (C=O) groups excluding carboxylic acids is 1. The maximum Gasteiger partial charge on any atom is 0.277 e. The first kappa shape index (κ1) is 17.6. The second-order valence-electron chi connectivity index (χ2n) is 6.80. The maximum atomic E-state index is 14.9. The van der Waals surface area contributed by atoms with Crippen molar-refractivity contribution in [1.29, 1.82) is 0 Å². The van der Waals surface area contributed by atoms with Crippen LogP contribution in [-0.2, 0) is 0 Å². The molecule has 0 fully saturated rings. The number of anilines is 1. The highest BCUT2D eigenvalue weighted by atomic mass is 35.5. The van der Waals surface area contributed by atoms with Crippen LogP contribution in [0, 0.1) is 5.82 Å². The lowest BCUT2D eigenvalue weighted by Gasteiger charge is -2.26. The van der Waals surface area contributed by atoms with Crippen LogP contribution in [0.2, 0.25) is 5.02 Å². The van der Waals surface area contributed by atoms with E-state index in [1.54, 1.807) is 47.4 Å². The van der Waals surface area contributed by atoms with E-state index in [1.165, 1.54) is 6.07 Å². The Balaban J connectivity index is 1.75. The first-order valence-corrected chi connectivity index (χ1v) is 9.50. The van der Waals surface area contributed by atoms with Gasteiger partial charge in [-0.3, -0.25) is 14.8 Å². The number of aromatic nitrogens is 2. The van der Waals surface area contributed by atoms with Gasteiger partial charge in [0.2, 0.25) is 0 Å². The normalized spacial score (nSPS) is 15.6. The molecule has 0 bridgehead atoms. The van der Waals surface area contributed by atoms with Crippen molar-refractivity contribution < 1.29 is 9.18 Å². The minimum Gasteiger partial charge on any atom is -0.295 e. The largest absolute Gasteiger partial charge is 0.295 e. The highest BCUT2D eigenvalue weighted by Crippen LogP contribution is 2.45. The van der Waals surface area contributed by atoms with Crippen molar-refractivity contribution in [3.05, 3.63) is 107 Å². The molecule has 1 aliphatic rings. The lowest BCUT2D eigenvalue weighted by molar-refractivity contribution is 0.0988. The van der Waals surface area contributed by atoms with Crippen LogP contribution in [0.5, 0.6) is 0 Å². The van der Waals surface area contributed by atoms with Gasteiger partial charge in [0.1, 0.15) is 11.5 Å². The van der Waals surface area contributed by atoms with Gasteiger partial charge in [0.15, 0.2) is 0 Å². The standard InChI is InChI=1S/C23H15ClFN3O/c24-15-10-12-16(13-11-15)28-22(17-8-4-5-9-18(17)25)19-20(14-6-2-1-3-7-14)26-27-21(19)23(28)29/h1-13,22H,(H,26,27)/t22-/m0/s1. The molecule has 2 heterocycles. The number of amides is 1. The first-order chi connectivity index (χ1) is 14.1. The molecule has 1 aromatic heterocycles. The van der Waals surface area contributed by atoms with E-state index < -0.39 is 6.04 Å². The molecule has 0 aliphatic carbocycles. The zero-order valence-electron chi connectivity index (χ0n) is 15.1. The smallest absolute Gasteiger partial charge is 0.277 e. The third kappa shape index (κ3) is 2.82. The summed E-state index contributed by atoms with van der Waals surface area (Å²) in [5.41, 5.74) is 3.58. The Morgan fingerprint density at radius 2 is 1.62 bits per heavy atom. The number of aromatic amines is 1. The minimum atomic E-state index is -0.645. The van der Waals surface area contributed by atoms with Crippen LogP contribution in [0.1, 0.15) is 27.7 Å². The van der Waals surface area contributed by atoms with E-state index >= 15 is 0 Å². The maximum absolute atomic E-state index is 14.9. The number of hydrogen-bond donors (Lipinski definition) is 1. The van der Waals surface area contributed by atoms with E-state index in [1.807, 2.05) is 30.3 Å². The van der Waals surface area contributed by atoms with Gasteiger partial charge in [-0.05, 0) is 30.3 Å². The van der Waals surface area contributed by atoms with Gasteiger partial charge >= 0.3 is 0 Å². The molecule has 0 saturated carbocycles. The third-order valence-corrected chi connectivity index (χ3v) is 5.37. The van der Waals surface area contributed by atoms with E-state index in [-0.39, 0.29) is 11.7 Å². The first-order valence-electron chi connectivity index (χ1n) is 9.12. The number of benzene rings is 3. The molecule has 0 radical (unpaired) electrons. The summed E-state index contributed by atoms with van der Waals surface area (Å²) in [4.78, 5) is 14.9. The summed E-state index contributed by atoms with van der Waals surface area (Å²) in [6.45, 7) is 0. The van der Waals surface area contributed by atoms with Crippen LogP contribution in [0.15, 0.2) is 78.9 Å². The molecule has 5 rings (SSSR count). The van der Waals surface area contributed by atoms with Crippen LogP contribution >= 0.6 is 11.6 Å². The molecule has 0 unspecified atom stereocenters. The minimum absolute atomic E-state index is 0.259. The highest BCUT2D eigenvalue weighted by Gasteiger charge is 2.43. The van der Waals surface area contributed by atoms with Crippen molar-refractivity contribution >= 4 is 23.2 Å². The van der Waals surface area contributed by atoms with Crippen molar-refractivity contribution in [2.75, 3.05) is 4.90 Å². The van der Waals surface area contributed by atoms with Gasteiger partial charge in [0, 0.05) is 27.4 Å². The third-order valence-electron chi connectivity index (χ3n) is 5.12. The molecule has 4 aromatic rings. The van der Waals surface area contributed by atoms with Crippen molar-refractivity contribution in [1.82, 2.24) is 10.2 Å². The molecule has 1 atom stereocenters. The molecule has 4 nitrogen and oxygen atoms in total. The summed E-state index contributed by atoms with van der Waals surface area (Å²) in [7, 11) is 0. The molecule has 0 spiro atoms. The Hall–Kier alpha value is -3.44. The lowest BCUT2D eigenvalue weighted by atomic mass is 9.95. The second kappa shape index (κ2) is 6.87. The molecule has 1 N–H and O–H groups in total. The summed E-state index contributed by atoms with van der Waals surface area (Å²) in [5.74, 6) is -0.636. The number of hydrogen-bond acceptors (Lipinski definition) is 2. The number of H-pyrrole nitrogens is 1. The average molecular weight is 404 g/mol.